The molecule has 15 heavy (non-hydrogen) atoms. The second-order valence-corrected chi connectivity index (χ2v) is 3.82. The molecule has 1 unspecified atom stereocenters. The number of hydrogen-bond acceptors (Lipinski definition) is 3. The van der Waals surface area contributed by atoms with E-state index in [2.05, 4.69) is 16.8 Å². The molecule has 1 atom stereocenters. The molecular weight excluding hydrogens is 212 g/mol. The van der Waals surface area contributed by atoms with Crippen LogP contribution < -0.4 is 4.90 Å². The third-order valence-corrected chi connectivity index (χ3v) is 2.77. The molecule has 1 aromatic heterocycles. The average molecular weight is 229 g/mol. The van der Waals surface area contributed by atoms with Crippen LogP contribution in [0, 0.1) is 0 Å². The summed E-state index contributed by atoms with van der Waals surface area (Å²) in [5.74, 6) is 0.502. The van der Waals surface area contributed by atoms with Gasteiger partial charge in [0.1, 0.15) is 0 Å². The lowest BCUT2D eigenvalue weighted by Gasteiger charge is -2.27. The van der Waals surface area contributed by atoms with Crippen LogP contribution in [0.3, 0.4) is 0 Å². The van der Waals surface area contributed by atoms with Gasteiger partial charge in [-0.3, -0.25) is 4.98 Å². The highest BCUT2D eigenvalue weighted by atomic mass is 35.5. The summed E-state index contributed by atoms with van der Waals surface area (Å²) in [6, 6.07) is 2.25. The average Bonchev–Trinajstić information content (AvgIpc) is 2.28. The monoisotopic (exact) mass is 228 g/mol. The third-order valence-electron chi connectivity index (χ3n) is 2.48. The van der Waals surface area contributed by atoms with Crippen LogP contribution in [0.1, 0.15) is 12.5 Å². The van der Waals surface area contributed by atoms with E-state index in [1.54, 1.807) is 13.3 Å². The summed E-state index contributed by atoms with van der Waals surface area (Å²) in [5, 5.41) is 0. The maximum atomic E-state index is 5.87. The first-order valence-electron chi connectivity index (χ1n) is 4.91. The fraction of sp³-hybridized carbons (Fsp3) is 0.545. The van der Waals surface area contributed by atoms with Gasteiger partial charge in [0.25, 0.3) is 0 Å². The lowest BCUT2D eigenvalue weighted by molar-refractivity contribution is 0.183. The molecule has 0 aliphatic heterocycles. The van der Waals surface area contributed by atoms with Crippen LogP contribution in [-0.4, -0.2) is 31.8 Å². The van der Waals surface area contributed by atoms with Crippen molar-refractivity contribution in [3.63, 3.8) is 0 Å². The molecule has 0 N–H and O–H groups in total. The number of rotatable bonds is 5. The minimum Gasteiger partial charge on any atom is -0.383 e. The van der Waals surface area contributed by atoms with E-state index in [0.29, 0.717) is 18.5 Å². The highest BCUT2D eigenvalue weighted by Crippen LogP contribution is 2.21. The van der Waals surface area contributed by atoms with Crippen LogP contribution in [-0.2, 0) is 10.6 Å². The van der Waals surface area contributed by atoms with Crippen molar-refractivity contribution in [1.82, 2.24) is 4.98 Å². The van der Waals surface area contributed by atoms with E-state index in [0.717, 1.165) is 11.3 Å². The molecule has 4 heteroatoms. The zero-order valence-electron chi connectivity index (χ0n) is 9.40. The number of nitrogens with zero attached hydrogens (tertiary/aromatic N) is 2. The van der Waals surface area contributed by atoms with E-state index in [1.165, 1.54) is 0 Å². The SMILES string of the molecule is COCC(C)N(C)c1cnccc1CCl. The van der Waals surface area contributed by atoms with Crippen molar-refractivity contribution in [3.05, 3.63) is 24.0 Å². The molecule has 0 aliphatic rings. The molecule has 84 valence electrons. The molecule has 0 spiro atoms. The molecule has 0 radical (unpaired) electrons. The molecule has 1 rings (SSSR count). The van der Waals surface area contributed by atoms with Gasteiger partial charge < -0.3 is 9.64 Å². The van der Waals surface area contributed by atoms with Gasteiger partial charge in [0.05, 0.1) is 18.5 Å². The minimum atomic E-state index is 0.307. The lowest BCUT2D eigenvalue weighted by atomic mass is 10.2. The second kappa shape index (κ2) is 5.93. The second-order valence-electron chi connectivity index (χ2n) is 3.55. The molecule has 0 fully saturated rings. The van der Waals surface area contributed by atoms with Crippen molar-refractivity contribution in [2.24, 2.45) is 0 Å². The number of methoxy groups -OCH3 is 1. The lowest BCUT2D eigenvalue weighted by Crippen LogP contribution is -2.33. The predicted molar refractivity (Wildman–Crippen MR) is 63.5 cm³/mol. The Kier molecular flexibility index (Phi) is 4.85. The maximum absolute atomic E-state index is 5.87. The highest BCUT2D eigenvalue weighted by molar-refractivity contribution is 6.17. The normalized spacial score (nSPS) is 12.5. The molecule has 0 saturated heterocycles. The van der Waals surface area contributed by atoms with Crippen LogP contribution in [0.15, 0.2) is 18.5 Å². The van der Waals surface area contributed by atoms with E-state index in [1.807, 2.05) is 19.3 Å². The number of aromatic nitrogens is 1. The van der Waals surface area contributed by atoms with Crippen LogP contribution >= 0.6 is 11.6 Å². The van der Waals surface area contributed by atoms with Gasteiger partial charge in [-0.05, 0) is 18.6 Å². The Hall–Kier alpha value is -0.800. The summed E-state index contributed by atoms with van der Waals surface area (Å²) in [6.07, 6.45) is 3.60. The molecule has 0 aliphatic carbocycles. The van der Waals surface area contributed by atoms with Gasteiger partial charge in [-0.1, -0.05) is 0 Å². The molecular formula is C11H17ClN2O. The van der Waals surface area contributed by atoms with Crippen LogP contribution in [0.25, 0.3) is 0 Å². The summed E-state index contributed by atoms with van der Waals surface area (Å²) in [5.41, 5.74) is 2.16. The largest absolute Gasteiger partial charge is 0.383 e. The van der Waals surface area contributed by atoms with Crippen LogP contribution in [0.5, 0.6) is 0 Å². The summed E-state index contributed by atoms with van der Waals surface area (Å²) < 4.78 is 5.12. The Morgan fingerprint density at radius 3 is 2.93 bits per heavy atom. The number of hydrogen-bond donors (Lipinski definition) is 0. The van der Waals surface area contributed by atoms with Gasteiger partial charge in [-0.2, -0.15) is 0 Å². The third kappa shape index (κ3) is 3.08. The Balaban J connectivity index is 2.84. The van der Waals surface area contributed by atoms with Gasteiger partial charge in [-0.25, -0.2) is 0 Å². The van der Waals surface area contributed by atoms with Crippen molar-refractivity contribution in [3.8, 4) is 0 Å². The maximum Gasteiger partial charge on any atom is 0.0663 e. The van der Waals surface area contributed by atoms with Crippen molar-refractivity contribution < 1.29 is 4.74 Å². The van der Waals surface area contributed by atoms with Gasteiger partial charge >= 0.3 is 0 Å². The van der Waals surface area contributed by atoms with Gasteiger partial charge in [-0.15, -0.1) is 11.6 Å². The molecule has 1 aromatic rings. The molecule has 3 nitrogen and oxygen atoms in total. The number of ether oxygens (including phenoxy) is 1. The summed E-state index contributed by atoms with van der Waals surface area (Å²) in [6.45, 7) is 2.79. The molecule has 0 bridgehead atoms. The first kappa shape index (κ1) is 12.3. The highest BCUT2D eigenvalue weighted by Gasteiger charge is 2.12. The first-order chi connectivity index (χ1) is 7.20. The number of likely N-dealkylation sites (N-methyl/N-ethyl adjacent to an activating group) is 1. The van der Waals surface area contributed by atoms with Crippen molar-refractivity contribution in [2.75, 3.05) is 25.7 Å². The van der Waals surface area contributed by atoms with Crippen LogP contribution in [0.4, 0.5) is 5.69 Å². The molecule has 1 heterocycles. The van der Waals surface area contributed by atoms with Crippen molar-refractivity contribution in [1.29, 1.82) is 0 Å². The van der Waals surface area contributed by atoms with E-state index in [9.17, 15) is 0 Å². The number of pyridine rings is 1. The molecule has 0 aromatic carbocycles. The zero-order chi connectivity index (χ0) is 11.3. The van der Waals surface area contributed by atoms with Crippen molar-refractivity contribution >= 4 is 17.3 Å². The summed E-state index contributed by atoms with van der Waals surface area (Å²) in [7, 11) is 3.73. The van der Waals surface area contributed by atoms with E-state index in [-0.39, 0.29) is 0 Å². The van der Waals surface area contributed by atoms with Gasteiger partial charge in [0.15, 0.2) is 0 Å². The number of halogens is 1. The van der Waals surface area contributed by atoms with E-state index < -0.39 is 0 Å². The fourth-order valence-corrected chi connectivity index (χ4v) is 1.66. The zero-order valence-corrected chi connectivity index (χ0v) is 10.2. The standard InChI is InChI=1S/C11H17ClN2O/c1-9(8-15-3)14(2)11-7-13-5-4-10(11)6-12/h4-5,7,9H,6,8H2,1-3H3. The molecule has 0 amide bonds. The van der Waals surface area contributed by atoms with Gasteiger partial charge in [0.2, 0.25) is 0 Å². The Morgan fingerprint density at radius 1 is 1.60 bits per heavy atom. The fourth-order valence-electron chi connectivity index (χ4n) is 1.44. The smallest absolute Gasteiger partial charge is 0.0663 e. The van der Waals surface area contributed by atoms with Crippen LogP contribution in [0.2, 0.25) is 0 Å². The van der Waals surface area contributed by atoms with E-state index in [4.69, 9.17) is 16.3 Å². The van der Waals surface area contributed by atoms with Gasteiger partial charge in [0, 0.05) is 32.3 Å². The summed E-state index contributed by atoms with van der Waals surface area (Å²) >= 11 is 5.87. The Bertz CT molecular complexity index is 306. The molecule has 0 saturated carbocycles. The Morgan fingerprint density at radius 2 is 2.33 bits per heavy atom. The summed E-state index contributed by atoms with van der Waals surface area (Å²) in [4.78, 5) is 6.25. The van der Waals surface area contributed by atoms with Crippen molar-refractivity contribution in [2.45, 2.75) is 18.8 Å². The van der Waals surface area contributed by atoms with E-state index >= 15 is 0 Å². The quantitative estimate of drug-likeness (QED) is 0.724. The minimum absolute atomic E-state index is 0.307. The number of alkyl halides is 1. The Labute approximate surface area is 96.0 Å². The number of anilines is 1. The predicted octanol–water partition coefficient (Wildman–Crippen LogP) is 2.29. The topological polar surface area (TPSA) is 25.4 Å². The first-order valence-corrected chi connectivity index (χ1v) is 5.44.